The Kier molecular flexibility index (Phi) is 7.91. The van der Waals surface area contributed by atoms with Gasteiger partial charge < -0.3 is 4.74 Å². The standard InChI is InChI=1S/C28H31F7O/c1-17-2-4-18(5-3-17)19-6-8-20(9-7-19)22-12-15-24(25(29)16-22)21-10-13-23(14-11-21)36-28(34,35)26(30)27(31,32)33/h10-20,26H,2-9H2,1H3. The maximum absolute atomic E-state index is 15.0. The molecule has 0 heterocycles. The van der Waals surface area contributed by atoms with Crippen molar-refractivity contribution >= 4 is 0 Å². The fourth-order valence-corrected chi connectivity index (χ4v) is 5.80. The summed E-state index contributed by atoms with van der Waals surface area (Å²) in [5.74, 6) is 1.59. The molecule has 2 aromatic rings. The monoisotopic (exact) mass is 516 g/mol. The molecule has 1 nitrogen and oxygen atoms in total. The van der Waals surface area contributed by atoms with Crippen molar-refractivity contribution in [1.82, 2.24) is 0 Å². The lowest BCUT2D eigenvalue weighted by molar-refractivity contribution is -0.304. The van der Waals surface area contributed by atoms with Crippen LogP contribution in [0.3, 0.4) is 0 Å². The smallest absolute Gasteiger partial charge is 0.430 e. The van der Waals surface area contributed by atoms with Gasteiger partial charge in [-0.25, -0.2) is 8.78 Å². The molecule has 0 amide bonds. The van der Waals surface area contributed by atoms with Gasteiger partial charge >= 0.3 is 12.3 Å². The average Bonchev–Trinajstić information content (AvgIpc) is 2.84. The van der Waals surface area contributed by atoms with Gasteiger partial charge in [0.15, 0.2) is 0 Å². The first-order valence-corrected chi connectivity index (χ1v) is 12.6. The van der Waals surface area contributed by atoms with E-state index in [-0.39, 0.29) is 5.56 Å². The molecular weight excluding hydrogens is 485 g/mol. The van der Waals surface area contributed by atoms with Crippen LogP contribution in [0.4, 0.5) is 30.7 Å². The molecule has 2 fully saturated rings. The summed E-state index contributed by atoms with van der Waals surface area (Å²) in [6, 6.07) is 9.45. The topological polar surface area (TPSA) is 9.23 Å². The SMILES string of the molecule is CC1CCC(C2CCC(c3ccc(-c4ccc(OC(F)(F)C(F)C(F)(F)F)cc4)c(F)c3)CC2)CC1. The summed E-state index contributed by atoms with van der Waals surface area (Å²) in [7, 11) is 0. The van der Waals surface area contributed by atoms with Gasteiger partial charge in [-0.05, 0) is 91.5 Å². The first-order valence-electron chi connectivity index (χ1n) is 12.6. The summed E-state index contributed by atoms with van der Waals surface area (Å²) < 4.78 is 95.8. The van der Waals surface area contributed by atoms with Crippen LogP contribution in [0.25, 0.3) is 11.1 Å². The second-order valence-electron chi connectivity index (χ2n) is 10.5. The first kappa shape index (κ1) is 26.8. The highest BCUT2D eigenvalue weighted by atomic mass is 19.4. The molecule has 0 radical (unpaired) electrons. The number of rotatable bonds is 6. The van der Waals surface area contributed by atoms with Crippen LogP contribution < -0.4 is 4.74 Å². The molecule has 0 aliphatic heterocycles. The van der Waals surface area contributed by atoms with Crippen molar-refractivity contribution in [3.63, 3.8) is 0 Å². The summed E-state index contributed by atoms with van der Waals surface area (Å²) in [6.07, 6.45) is -5.66. The third-order valence-electron chi connectivity index (χ3n) is 7.97. The molecular formula is C28H31F7O. The van der Waals surface area contributed by atoms with Gasteiger partial charge in [-0.2, -0.15) is 22.0 Å². The Morgan fingerprint density at radius 3 is 1.86 bits per heavy atom. The van der Waals surface area contributed by atoms with Crippen molar-refractivity contribution in [2.75, 3.05) is 0 Å². The molecule has 2 aliphatic carbocycles. The second kappa shape index (κ2) is 10.6. The van der Waals surface area contributed by atoms with Crippen LogP contribution in [-0.4, -0.2) is 18.5 Å². The van der Waals surface area contributed by atoms with Gasteiger partial charge in [0.05, 0.1) is 0 Å². The number of benzene rings is 2. The van der Waals surface area contributed by atoms with Crippen LogP contribution in [0, 0.1) is 23.6 Å². The Bertz CT molecular complexity index is 1000. The minimum atomic E-state index is -5.76. The lowest BCUT2D eigenvalue weighted by atomic mass is 9.68. The van der Waals surface area contributed by atoms with E-state index in [0.29, 0.717) is 11.5 Å². The zero-order chi connectivity index (χ0) is 26.1. The molecule has 36 heavy (non-hydrogen) atoms. The number of alkyl halides is 6. The van der Waals surface area contributed by atoms with Gasteiger partial charge in [0.25, 0.3) is 6.17 Å². The van der Waals surface area contributed by atoms with E-state index in [0.717, 1.165) is 61.1 Å². The fourth-order valence-electron chi connectivity index (χ4n) is 5.80. The minimum absolute atomic E-state index is 0.237. The summed E-state index contributed by atoms with van der Waals surface area (Å²) in [4.78, 5) is 0. The van der Waals surface area contributed by atoms with Crippen LogP contribution in [0.1, 0.15) is 69.8 Å². The molecule has 1 unspecified atom stereocenters. The number of ether oxygens (including phenoxy) is 1. The molecule has 0 saturated heterocycles. The molecule has 0 N–H and O–H groups in total. The molecule has 0 bridgehead atoms. The van der Waals surface area contributed by atoms with E-state index in [2.05, 4.69) is 11.7 Å². The first-order chi connectivity index (χ1) is 16.9. The van der Waals surface area contributed by atoms with Crippen LogP contribution >= 0.6 is 0 Å². The summed E-state index contributed by atoms with van der Waals surface area (Å²) in [6.45, 7) is 2.32. The van der Waals surface area contributed by atoms with Crippen molar-refractivity contribution in [2.45, 2.75) is 82.7 Å². The largest absolute Gasteiger partial charge is 0.439 e. The van der Waals surface area contributed by atoms with Crippen molar-refractivity contribution in [3.8, 4) is 16.9 Å². The normalized spacial score (nSPS) is 26.4. The fraction of sp³-hybridized carbons (Fsp3) is 0.571. The lowest BCUT2D eigenvalue weighted by Gasteiger charge is -2.37. The zero-order valence-electron chi connectivity index (χ0n) is 20.1. The summed E-state index contributed by atoms with van der Waals surface area (Å²) in [5, 5.41) is 0. The number of hydrogen-bond donors (Lipinski definition) is 0. The second-order valence-corrected chi connectivity index (χ2v) is 10.5. The van der Waals surface area contributed by atoms with Crippen LogP contribution in [-0.2, 0) is 0 Å². The third kappa shape index (κ3) is 6.17. The van der Waals surface area contributed by atoms with Gasteiger partial charge in [0.1, 0.15) is 11.6 Å². The molecule has 8 heteroatoms. The Hall–Kier alpha value is -2.25. The van der Waals surface area contributed by atoms with Crippen molar-refractivity contribution in [3.05, 3.63) is 53.8 Å². The summed E-state index contributed by atoms with van der Waals surface area (Å²) >= 11 is 0. The quantitative estimate of drug-likeness (QED) is 0.348. The molecule has 0 aromatic heterocycles. The highest BCUT2D eigenvalue weighted by molar-refractivity contribution is 5.65. The van der Waals surface area contributed by atoms with Gasteiger partial charge in [-0.15, -0.1) is 0 Å². The van der Waals surface area contributed by atoms with Gasteiger partial charge in [0.2, 0.25) is 0 Å². The van der Waals surface area contributed by atoms with Crippen molar-refractivity contribution < 1.29 is 35.5 Å². The molecule has 4 rings (SSSR count). The average molecular weight is 517 g/mol. The Balaban J connectivity index is 1.37. The van der Waals surface area contributed by atoms with Crippen LogP contribution in [0.15, 0.2) is 42.5 Å². The molecule has 0 spiro atoms. The summed E-state index contributed by atoms with van der Waals surface area (Å²) in [5.41, 5.74) is 1.52. The third-order valence-corrected chi connectivity index (χ3v) is 7.97. The zero-order valence-corrected chi connectivity index (χ0v) is 20.1. The number of hydrogen-bond acceptors (Lipinski definition) is 1. The van der Waals surface area contributed by atoms with Gasteiger partial charge in [-0.3, -0.25) is 0 Å². The van der Waals surface area contributed by atoms with E-state index < -0.39 is 30.0 Å². The predicted octanol–water partition coefficient (Wildman–Crippen LogP) is 9.46. The van der Waals surface area contributed by atoms with Crippen LogP contribution in [0.2, 0.25) is 0 Å². The molecule has 1 atom stereocenters. The highest BCUT2D eigenvalue weighted by Crippen LogP contribution is 2.44. The minimum Gasteiger partial charge on any atom is -0.430 e. The lowest BCUT2D eigenvalue weighted by Crippen LogP contribution is -2.45. The van der Waals surface area contributed by atoms with E-state index in [1.165, 1.54) is 43.9 Å². The van der Waals surface area contributed by atoms with Crippen molar-refractivity contribution in [1.29, 1.82) is 0 Å². The Morgan fingerprint density at radius 2 is 1.33 bits per heavy atom. The Morgan fingerprint density at radius 1 is 0.778 bits per heavy atom. The van der Waals surface area contributed by atoms with Gasteiger partial charge in [0, 0.05) is 5.56 Å². The Labute approximate surface area is 207 Å². The van der Waals surface area contributed by atoms with E-state index >= 15 is 0 Å². The van der Waals surface area contributed by atoms with E-state index in [9.17, 15) is 30.7 Å². The maximum atomic E-state index is 15.0. The molecule has 2 aromatic carbocycles. The van der Waals surface area contributed by atoms with Crippen LogP contribution in [0.5, 0.6) is 5.75 Å². The van der Waals surface area contributed by atoms with Crippen molar-refractivity contribution in [2.24, 2.45) is 17.8 Å². The molecule has 2 saturated carbocycles. The maximum Gasteiger partial charge on any atom is 0.439 e. The highest BCUT2D eigenvalue weighted by Gasteiger charge is 2.59. The van der Waals surface area contributed by atoms with E-state index in [4.69, 9.17) is 0 Å². The number of halogens is 7. The molecule has 198 valence electrons. The van der Waals surface area contributed by atoms with E-state index in [1.54, 1.807) is 6.07 Å². The van der Waals surface area contributed by atoms with E-state index in [1.807, 2.05) is 6.07 Å². The molecule has 2 aliphatic rings. The predicted molar refractivity (Wildman–Crippen MR) is 124 cm³/mol. The van der Waals surface area contributed by atoms with Gasteiger partial charge in [-0.1, -0.05) is 44.0 Å².